The van der Waals surface area contributed by atoms with E-state index in [2.05, 4.69) is 20.9 Å². The summed E-state index contributed by atoms with van der Waals surface area (Å²) < 4.78 is 30.3. The summed E-state index contributed by atoms with van der Waals surface area (Å²) in [5, 5.41) is 5.25. The highest BCUT2D eigenvalue weighted by molar-refractivity contribution is 7.89. The Kier molecular flexibility index (Phi) is 6.58. The van der Waals surface area contributed by atoms with Crippen molar-refractivity contribution in [2.75, 3.05) is 18.7 Å². The van der Waals surface area contributed by atoms with Gasteiger partial charge in [-0.2, -0.15) is 0 Å². The number of nitrogens with zero attached hydrogens (tertiary/aromatic N) is 2. The van der Waals surface area contributed by atoms with E-state index < -0.39 is 9.84 Å². The van der Waals surface area contributed by atoms with E-state index in [9.17, 15) is 13.2 Å². The van der Waals surface area contributed by atoms with Crippen LogP contribution in [0.4, 0.5) is 5.13 Å². The molecule has 0 saturated carbocycles. The van der Waals surface area contributed by atoms with Crippen LogP contribution < -0.4 is 10.1 Å². The fourth-order valence-corrected chi connectivity index (χ4v) is 5.33. The van der Waals surface area contributed by atoms with Crippen molar-refractivity contribution in [3.63, 3.8) is 0 Å². The number of carbonyl (C=O) groups is 1. The molecule has 0 fully saturated rings. The molecule has 2 aromatic heterocycles. The van der Waals surface area contributed by atoms with E-state index in [0.29, 0.717) is 16.3 Å². The third kappa shape index (κ3) is 5.21. The Morgan fingerprint density at radius 3 is 2.38 bits per heavy atom. The number of rotatable bonds is 7. The summed E-state index contributed by atoms with van der Waals surface area (Å²) >= 11 is 1.35. The molecule has 0 spiro atoms. The second-order valence-electron chi connectivity index (χ2n) is 8.08. The van der Waals surface area contributed by atoms with Crippen LogP contribution in [0.3, 0.4) is 0 Å². The van der Waals surface area contributed by atoms with Gasteiger partial charge in [-0.25, -0.2) is 13.4 Å². The van der Waals surface area contributed by atoms with Crippen molar-refractivity contribution in [2.24, 2.45) is 0 Å². The molecule has 0 bridgehead atoms. The average molecular weight is 496 g/mol. The molecule has 0 unspecified atom stereocenters. The second-order valence-corrected chi connectivity index (χ2v) is 11.1. The standard InChI is InChI=1S/C25H25N3O4S2/c1-16-13-22(17(2)28(16)20-9-11-21(32-3)12-10-20)23-14-33-25(26-23)27-24(29)19-7-5-18(6-8-19)15-34(4,30)31/h5-14H,15H2,1-4H3,(H,26,27,29). The van der Waals surface area contributed by atoms with Gasteiger partial charge in [0, 0.05) is 39.8 Å². The minimum absolute atomic E-state index is 0.0559. The van der Waals surface area contributed by atoms with Gasteiger partial charge in [0.2, 0.25) is 0 Å². The van der Waals surface area contributed by atoms with Crippen LogP contribution in [-0.2, 0) is 15.6 Å². The van der Waals surface area contributed by atoms with Crippen molar-refractivity contribution < 1.29 is 17.9 Å². The van der Waals surface area contributed by atoms with E-state index in [1.807, 2.05) is 43.5 Å². The first-order valence-corrected chi connectivity index (χ1v) is 13.5. The quantitative estimate of drug-likeness (QED) is 0.389. The molecule has 1 N–H and O–H groups in total. The highest BCUT2D eigenvalue weighted by Crippen LogP contribution is 2.32. The van der Waals surface area contributed by atoms with Crippen LogP contribution >= 0.6 is 11.3 Å². The van der Waals surface area contributed by atoms with Gasteiger partial charge < -0.3 is 9.30 Å². The first kappa shape index (κ1) is 23.7. The summed E-state index contributed by atoms with van der Waals surface area (Å²) in [4.78, 5) is 17.3. The molecule has 0 atom stereocenters. The largest absolute Gasteiger partial charge is 0.497 e. The molecule has 0 radical (unpaired) electrons. The lowest BCUT2D eigenvalue weighted by Crippen LogP contribution is -2.12. The lowest BCUT2D eigenvalue weighted by molar-refractivity contribution is 0.102. The van der Waals surface area contributed by atoms with Crippen molar-refractivity contribution in [2.45, 2.75) is 19.6 Å². The van der Waals surface area contributed by atoms with Gasteiger partial charge in [-0.05, 0) is 61.9 Å². The van der Waals surface area contributed by atoms with E-state index in [1.54, 1.807) is 31.4 Å². The summed E-state index contributed by atoms with van der Waals surface area (Å²) in [7, 11) is -1.48. The maximum atomic E-state index is 12.6. The normalized spacial score (nSPS) is 11.4. The van der Waals surface area contributed by atoms with Crippen molar-refractivity contribution in [1.82, 2.24) is 9.55 Å². The Bertz CT molecular complexity index is 1430. The number of nitrogens with one attached hydrogen (secondary N) is 1. The van der Waals surface area contributed by atoms with Crippen LogP contribution in [0, 0.1) is 13.8 Å². The van der Waals surface area contributed by atoms with E-state index in [1.165, 1.54) is 17.6 Å². The lowest BCUT2D eigenvalue weighted by Gasteiger charge is -2.10. The molecule has 4 aromatic rings. The Morgan fingerprint density at radius 1 is 1.09 bits per heavy atom. The number of methoxy groups -OCH3 is 1. The SMILES string of the molecule is COc1ccc(-n2c(C)cc(-c3csc(NC(=O)c4ccc(CS(C)(=O)=O)cc4)n3)c2C)cc1. The molecule has 2 aromatic carbocycles. The Morgan fingerprint density at radius 2 is 1.76 bits per heavy atom. The number of anilines is 1. The number of aromatic nitrogens is 2. The molecule has 4 rings (SSSR count). The molecular formula is C25H25N3O4S2. The summed E-state index contributed by atoms with van der Waals surface area (Å²) in [5.41, 5.74) is 6.02. The molecule has 9 heteroatoms. The van der Waals surface area contributed by atoms with Crippen LogP contribution in [-0.4, -0.2) is 37.2 Å². The zero-order valence-corrected chi connectivity index (χ0v) is 21.0. The van der Waals surface area contributed by atoms with Gasteiger partial charge in [0.15, 0.2) is 15.0 Å². The molecule has 0 saturated heterocycles. The average Bonchev–Trinajstić information content (AvgIpc) is 3.36. The summed E-state index contributed by atoms with van der Waals surface area (Å²) in [6.07, 6.45) is 1.18. The third-order valence-electron chi connectivity index (χ3n) is 5.41. The Balaban J connectivity index is 1.52. The van der Waals surface area contributed by atoms with Gasteiger partial charge in [-0.1, -0.05) is 12.1 Å². The van der Waals surface area contributed by atoms with Gasteiger partial charge in [-0.3, -0.25) is 10.1 Å². The number of benzene rings is 2. The first-order valence-electron chi connectivity index (χ1n) is 10.5. The lowest BCUT2D eigenvalue weighted by atomic mass is 10.1. The molecule has 34 heavy (non-hydrogen) atoms. The summed E-state index contributed by atoms with van der Waals surface area (Å²) in [5.74, 6) is 0.450. The fourth-order valence-electron chi connectivity index (χ4n) is 3.83. The van der Waals surface area contributed by atoms with Gasteiger partial charge in [0.05, 0.1) is 18.6 Å². The van der Waals surface area contributed by atoms with Gasteiger partial charge >= 0.3 is 0 Å². The van der Waals surface area contributed by atoms with Crippen molar-refractivity contribution in [1.29, 1.82) is 0 Å². The maximum absolute atomic E-state index is 12.6. The van der Waals surface area contributed by atoms with Crippen LogP contribution in [0.25, 0.3) is 16.9 Å². The van der Waals surface area contributed by atoms with Crippen LogP contribution in [0.2, 0.25) is 0 Å². The monoisotopic (exact) mass is 495 g/mol. The molecule has 0 aliphatic heterocycles. The first-order chi connectivity index (χ1) is 16.1. The fraction of sp³-hybridized carbons (Fsp3) is 0.200. The predicted octanol–water partition coefficient (Wildman–Crippen LogP) is 5.02. The van der Waals surface area contributed by atoms with E-state index in [4.69, 9.17) is 4.74 Å². The third-order valence-corrected chi connectivity index (χ3v) is 7.02. The number of amides is 1. The summed E-state index contributed by atoms with van der Waals surface area (Å²) in [6, 6.07) is 16.5. The molecule has 1 amide bonds. The topological polar surface area (TPSA) is 90.3 Å². The van der Waals surface area contributed by atoms with Gasteiger partial charge in [0.1, 0.15) is 5.75 Å². The minimum atomic E-state index is -3.12. The van der Waals surface area contributed by atoms with E-state index >= 15 is 0 Å². The number of aryl methyl sites for hydroxylation is 1. The number of hydrogen-bond donors (Lipinski definition) is 1. The highest BCUT2D eigenvalue weighted by atomic mass is 32.2. The number of carbonyl (C=O) groups excluding carboxylic acids is 1. The summed E-state index contributed by atoms with van der Waals surface area (Å²) in [6.45, 7) is 4.09. The molecule has 7 nitrogen and oxygen atoms in total. The maximum Gasteiger partial charge on any atom is 0.257 e. The minimum Gasteiger partial charge on any atom is -0.497 e. The molecule has 0 aliphatic rings. The smallest absolute Gasteiger partial charge is 0.257 e. The molecule has 2 heterocycles. The Labute approximate surface area is 203 Å². The van der Waals surface area contributed by atoms with Gasteiger partial charge in [-0.15, -0.1) is 11.3 Å². The van der Waals surface area contributed by atoms with Crippen LogP contribution in [0.5, 0.6) is 5.75 Å². The molecule has 176 valence electrons. The molecular weight excluding hydrogens is 470 g/mol. The van der Waals surface area contributed by atoms with Crippen molar-refractivity contribution >= 4 is 32.2 Å². The number of thiazole rings is 1. The second kappa shape index (κ2) is 9.44. The number of sulfone groups is 1. The van der Waals surface area contributed by atoms with E-state index in [-0.39, 0.29) is 11.7 Å². The number of hydrogen-bond acceptors (Lipinski definition) is 6. The molecule has 0 aliphatic carbocycles. The predicted molar refractivity (Wildman–Crippen MR) is 136 cm³/mol. The zero-order valence-electron chi connectivity index (χ0n) is 19.3. The van der Waals surface area contributed by atoms with Crippen LogP contribution in [0.1, 0.15) is 27.3 Å². The van der Waals surface area contributed by atoms with Crippen LogP contribution in [0.15, 0.2) is 60.0 Å². The van der Waals surface area contributed by atoms with Gasteiger partial charge in [0.25, 0.3) is 5.91 Å². The van der Waals surface area contributed by atoms with E-state index in [0.717, 1.165) is 34.1 Å². The Hall–Kier alpha value is -3.43. The van der Waals surface area contributed by atoms with Crippen molar-refractivity contribution in [3.05, 3.63) is 82.5 Å². The van der Waals surface area contributed by atoms with Crippen molar-refractivity contribution in [3.8, 4) is 22.7 Å². The zero-order chi connectivity index (χ0) is 24.5. The number of ether oxygens (including phenoxy) is 1. The highest BCUT2D eigenvalue weighted by Gasteiger charge is 2.16.